The first-order valence-corrected chi connectivity index (χ1v) is 7.75. The molecule has 1 aliphatic rings. The Labute approximate surface area is 141 Å². The van der Waals surface area contributed by atoms with Crippen molar-refractivity contribution in [2.75, 3.05) is 20.3 Å². The van der Waals surface area contributed by atoms with Crippen LogP contribution in [0.15, 0.2) is 48.2 Å². The zero-order chi connectivity index (χ0) is 17.7. The maximum absolute atomic E-state index is 12.4. The molecule has 6 heteroatoms. The van der Waals surface area contributed by atoms with Gasteiger partial charge < -0.3 is 19.7 Å². The molecular formula is C18H22N2O4. The van der Waals surface area contributed by atoms with Crippen LogP contribution in [0.4, 0.5) is 4.79 Å². The Morgan fingerprint density at radius 2 is 2.21 bits per heavy atom. The van der Waals surface area contributed by atoms with Crippen LogP contribution in [0.2, 0.25) is 0 Å². The third-order valence-corrected chi connectivity index (χ3v) is 3.81. The highest BCUT2D eigenvalue weighted by atomic mass is 16.5. The molecule has 0 saturated heterocycles. The van der Waals surface area contributed by atoms with Crippen LogP contribution in [-0.4, -0.2) is 37.2 Å². The average Bonchev–Trinajstić information content (AvgIpc) is 2.58. The molecule has 0 fully saturated rings. The van der Waals surface area contributed by atoms with E-state index < -0.39 is 12.0 Å². The Balaban J connectivity index is 2.43. The molecule has 0 aliphatic carbocycles. The van der Waals surface area contributed by atoms with Gasteiger partial charge in [0.15, 0.2) is 0 Å². The van der Waals surface area contributed by atoms with Crippen LogP contribution in [0, 0.1) is 0 Å². The Morgan fingerprint density at radius 3 is 2.88 bits per heavy atom. The predicted molar refractivity (Wildman–Crippen MR) is 90.5 cm³/mol. The van der Waals surface area contributed by atoms with Gasteiger partial charge in [-0.05, 0) is 31.5 Å². The van der Waals surface area contributed by atoms with Crippen molar-refractivity contribution in [2.45, 2.75) is 19.9 Å². The van der Waals surface area contributed by atoms with Gasteiger partial charge in [-0.1, -0.05) is 24.8 Å². The fourth-order valence-corrected chi connectivity index (χ4v) is 2.50. The molecule has 0 spiro atoms. The minimum absolute atomic E-state index is 0.266. The third kappa shape index (κ3) is 3.59. The summed E-state index contributed by atoms with van der Waals surface area (Å²) in [5.74, 6) is 0.200. The second kappa shape index (κ2) is 7.68. The summed E-state index contributed by atoms with van der Waals surface area (Å²) in [5.41, 5.74) is 1.74. The number of hydrogen-bond donors (Lipinski definition) is 1. The second-order valence-electron chi connectivity index (χ2n) is 5.33. The summed E-state index contributed by atoms with van der Waals surface area (Å²) in [4.78, 5) is 26.0. The Hall–Kier alpha value is -2.76. The second-order valence-corrected chi connectivity index (χ2v) is 5.33. The summed E-state index contributed by atoms with van der Waals surface area (Å²) in [6, 6.07) is 6.40. The van der Waals surface area contributed by atoms with E-state index in [1.807, 2.05) is 18.2 Å². The molecule has 1 N–H and O–H groups in total. The summed E-state index contributed by atoms with van der Waals surface area (Å²) >= 11 is 0. The number of urea groups is 1. The molecule has 1 aliphatic heterocycles. The van der Waals surface area contributed by atoms with Gasteiger partial charge in [0.05, 0.1) is 18.2 Å². The van der Waals surface area contributed by atoms with Gasteiger partial charge in [-0.25, -0.2) is 9.59 Å². The molecule has 0 radical (unpaired) electrons. The summed E-state index contributed by atoms with van der Waals surface area (Å²) in [6.07, 6.45) is 1.65. The van der Waals surface area contributed by atoms with Crippen LogP contribution < -0.4 is 10.1 Å². The normalized spacial score (nSPS) is 17.4. The number of rotatable bonds is 6. The lowest BCUT2D eigenvalue weighted by molar-refractivity contribution is -0.139. The lowest BCUT2D eigenvalue weighted by Crippen LogP contribution is -2.46. The van der Waals surface area contributed by atoms with E-state index in [2.05, 4.69) is 11.9 Å². The number of hydrogen-bond acceptors (Lipinski definition) is 4. The summed E-state index contributed by atoms with van der Waals surface area (Å²) in [5, 5.41) is 2.84. The van der Waals surface area contributed by atoms with Crippen molar-refractivity contribution in [1.82, 2.24) is 10.2 Å². The quantitative estimate of drug-likeness (QED) is 0.643. The fraction of sp³-hybridized carbons (Fsp3) is 0.333. The van der Waals surface area contributed by atoms with Gasteiger partial charge in [-0.3, -0.25) is 0 Å². The highest BCUT2D eigenvalue weighted by Crippen LogP contribution is 2.32. The molecule has 1 heterocycles. The summed E-state index contributed by atoms with van der Waals surface area (Å²) in [7, 11) is 1.61. The highest BCUT2D eigenvalue weighted by Gasteiger charge is 2.35. The first-order chi connectivity index (χ1) is 11.5. The van der Waals surface area contributed by atoms with Crippen LogP contribution in [0.1, 0.15) is 25.5 Å². The zero-order valence-electron chi connectivity index (χ0n) is 14.2. The monoisotopic (exact) mass is 330 g/mol. The first kappa shape index (κ1) is 17.6. The number of benzene rings is 1. The molecule has 0 aromatic heterocycles. The van der Waals surface area contributed by atoms with Crippen molar-refractivity contribution in [1.29, 1.82) is 0 Å². The smallest absolute Gasteiger partial charge is 0.338 e. The van der Waals surface area contributed by atoms with Crippen molar-refractivity contribution < 1.29 is 19.1 Å². The van der Waals surface area contributed by atoms with Crippen LogP contribution in [0.5, 0.6) is 5.75 Å². The molecule has 1 aromatic carbocycles. The number of allylic oxidation sites excluding steroid dienone is 1. The van der Waals surface area contributed by atoms with Crippen LogP contribution in [-0.2, 0) is 9.53 Å². The van der Waals surface area contributed by atoms with E-state index in [-0.39, 0.29) is 12.6 Å². The molecule has 2 amide bonds. The van der Waals surface area contributed by atoms with Gasteiger partial charge in [-0.15, -0.1) is 0 Å². The minimum atomic E-state index is -0.583. The maximum atomic E-state index is 12.4. The third-order valence-electron chi connectivity index (χ3n) is 3.81. The number of amides is 2. The van der Waals surface area contributed by atoms with E-state index in [9.17, 15) is 9.59 Å². The standard InChI is InChI=1S/C18H22N2O4/c1-5-10-24-14-9-7-8-13(11-14)16-15(17(21)23-6-2)12(3)20(4)18(22)19-16/h5,7-9,11,16H,1,6,10H2,2-4H3,(H,19,22)/t16-/m1/s1. The van der Waals surface area contributed by atoms with Crippen molar-refractivity contribution in [3.05, 3.63) is 53.8 Å². The van der Waals surface area contributed by atoms with Gasteiger partial charge in [0.25, 0.3) is 0 Å². The number of carbonyl (C=O) groups is 2. The van der Waals surface area contributed by atoms with E-state index in [0.717, 1.165) is 5.56 Å². The summed E-state index contributed by atoms with van der Waals surface area (Å²) < 4.78 is 10.7. The van der Waals surface area contributed by atoms with Gasteiger partial charge in [0, 0.05) is 12.7 Å². The van der Waals surface area contributed by atoms with Crippen LogP contribution in [0.25, 0.3) is 0 Å². The highest BCUT2D eigenvalue weighted by molar-refractivity contribution is 5.95. The zero-order valence-corrected chi connectivity index (χ0v) is 14.2. The van der Waals surface area contributed by atoms with E-state index in [1.165, 1.54) is 4.90 Å². The molecular weight excluding hydrogens is 308 g/mol. The fourth-order valence-electron chi connectivity index (χ4n) is 2.50. The van der Waals surface area contributed by atoms with Gasteiger partial charge >= 0.3 is 12.0 Å². The minimum Gasteiger partial charge on any atom is -0.490 e. The van der Waals surface area contributed by atoms with Gasteiger partial charge in [-0.2, -0.15) is 0 Å². The summed E-state index contributed by atoms with van der Waals surface area (Å²) in [6.45, 7) is 7.74. The lowest BCUT2D eigenvalue weighted by atomic mass is 9.95. The molecule has 0 saturated carbocycles. The molecule has 0 unspecified atom stereocenters. The lowest BCUT2D eigenvalue weighted by Gasteiger charge is -2.33. The largest absolute Gasteiger partial charge is 0.490 e. The SMILES string of the molecule is C=CCOc1cccc([C@H]2NC(=O)N(C)C(C)=C2C(=O)OCC)c1. The molecule has 2 rings (SSSR count). The molecule has 128 valence electrons. The Kier molecular flexibility index (Phi) is 5.63. The van der Waals surface area contributed by atoms with Crippen LogP contribution in [0.3, 0.4) is 0 Å². The number of ether oxygens (including phenoxy) is 2. The van der Waals surface area contributed by atoms with Crippen molar-refractivity contribution >= 4 is 12.0 Å². The molecule has 6 nitrogen and oxygen atoms in total. The Morgan fingerprint density at radius 1 is 1.46 bits per heavy atom. The topological polar surface area (TPSA) is 67.9 Å². The predicted octanol–water partition coefficient (Wildman–Crippen LogP) is 2.78. The number of esters is 1. The van der Waals surface area contributed by atoms with Crippen molar-refractivity contribution in [3.8, 4) is 5.75 Å². The molecule has 0 bridgehead atoms. The van der Waals surface area contributed by atoms with Crippen molar-refractivity contribution in [3.63, 3.8) is 0 Å². The van der Waals surface area contributed by atoms with Gasteiger partial charge in [0.1, 0.15) is 12.4 Å². The Bertz CT molecular complexity index is 681. The maximum Gasteiger partial charge on any atom is 0.338 e. The number of carbonyl (C=O) groups excluding carboxylic acids is 2. The molecule has 1 aromatic rings. The van der Waals surface area contributed by atoms with E-state index in [1.54, 1.807) is 33.0 Å². The van der Waals surface area contributed by atoms with Gasteiger partial charge in [0.2, 0.25) is 0 Å². The average molecular weight is 330 g/mol. The molecule has 1 atom stereocenters. The van der Waals surface area contributed by atoms with E-state index >= 15 is 0 Å². The van der Waals surface area contributed by atoms with Crippen LogP contribution >= 0.6 is 0 Å². The molecule has 24 heavy (non-hydrogen) atoms. The van der Waals surface area contributed by atoms with E-state index in [0.29, 0.717) is 23.6 Å². The van der Waals surface area contributed by atoms with E-state index in [4.69, 9.17) is 9.47 Å². The van der Waals surface area contributed by atoms with Crippen molar-refractivity contribution in [2.24, 2.45) is 0 Å². The first-order valence-electron chi connectivity index (χ1n) is 7.75. The number of nitrogens with zero attached hydrogens (tertiary/aromatic N) is 1. The number of nitrogens with one attached hydrogen (secondary N) is 1.